The zero-order valence-corrected chi connectivity index (χ0v) is 13.7. The average molecular weight is 314 g/mol. The molecule has 0 spiro atoms. The van der Waals surface area contributed by atoms with Crippen molar-refractivity contribution in [2.45, 2.75) is 33.0 Å². The zero-order valence-electron chi connectivity index (χ0n) is 13.7. The lowest BCUT2D eigenvalue weighted by atomic mass is 10.1. The van der Waals surface area contributed by atoms with Gasteiger partial charge in [0.05, 0.1) is 12.2 Å². The van der Waals surface area contributed by atoms with Crippen LogP contribution in [0.4, 0.5) is 5.69 Å². The lowest BCUT2D eigenvalue weighted by Crippen LogP contribution is -2.48. The van der Waals surface area contributed by atoms with E-state index in [4.69, 9.17) is 14.9 Å². The average Bonchev–Trinajstić information content (AvgIpc) is 2.98. The largest absolute Gasteiger partial charge is 0.451 e. The fourth-order valence-corrected chi connectivity index (χ4v) is 3.02. The minimum Gasteiger partial charge on any atom is -0.451 e. The molecule has 2 aromatic rings. The standard InChI is InChI=1S/C18H22N2O3/c1-11-9-20(10-12(2)22-11)18(21)17-8-7-16(23-17)14-5-4-6-15(19)13(14)3/h4-8,11-12H,9-10,19H2,1-3H3/t11-,12-/m1/s1. The number of hydrogen-bond acceptors (Lipinski definition) is 4. The Kier molecular flexibility index (Phi) is 4.13. The van der Waals surface area contributed by atoms with Gasteiger partial charge in [-0.1, -0.05) is 12.1 Å². The minimum atomic E-state index is -0.0974. The van der Waals surface area contributed by atoms with Crippen molar-refractivity contribution in [1.82, 2.24) is 4.90 Å². The number of morpholine rings is 1. The summed E-state index contributed by atoms with van der Waals surface area (Å²) in [4.78, 5) is 14.4. The molecule has 5 heteroatoms. The first kappa shape index (κ1) is 15.6. The second-order valence-corrected chi connectivity index (χ2v) is 6.15. The van der Waals surface area contributed by atoms with Gasteiger partial charge < -0.3 is 19.8 Å². The maximum Gasteiger partial charge on any atom is 0.289 e. The summed E-state index contributed by atoms with van der Waals surface area (Å²) in [5.74, 6) is 0.912. The van der Waals surface area contributed by atoms with Gasteiger partial charge in [-0.3, -0.25) is 4.79 Å². The van der Waals surface area contributed by atoms with Crippen LogP contribution in [0.15, 0.2) is 34.7 Å². The number of nitrogen functional groups attached to an aromatic ring is 1. The molecule has 0 aliphatic carbocycles. The van der Waals surface area contributed by atoms with E-state index in [-0.39, 0.29) is 18.1 Å². The van der Waals surface area contributed by atoms with E-state index < -0.39 is 0 Å². The molecular weight excluding hydrogens is 292 g/mol. The van der Waals surface area contributed by atoms with Gasteiger partial charge >= 0.3 is 0 Å². The molecule has 122 valence electrons. The molecule has 3 rings (SSSR count). The summed E-state index contributed by atoms with van der Waals surface area (Å²) >= 11 is 0. The van der Waals surface area contributed by atoms with E-state index in [1.807, 2.05) is 45.0 Å². The van der Waals surface area contributed by atoms with Crippen LogP contribution in [0, 0.1) is 6.92 Å². The highest BCUT2D eigenvalue weighted by molar-refractivity contribution is 5.92. The number of carbonyl (C=O) groups is 1. The number of ether oxygens (including phenoxy) is 1. The second-order valence-electron chi connectivity index (χ2n) is 6.15. The molecule has 23 heavy (non-hydrogen) atoms. The van der Waals surface area contributed by atoms with Gasteiger partial charge in [-0.05, 0) is 44.5 Å². The van der Waals surface area contributed by atoms with Crippen LogP contribution in [0.3, 0.4) is 0 Å². The molecule has 0 bridgehead atoms. The molecule has 1 aromatic heterocycles. The molecule has 1 aliphatic rings. The zero-order chi connectivity index (χ0) is 16.6. The maximum atomic E-state index is 12.6. The van der Waals surface area contributed by atoms with Gasteiger partial charge in [-0.25, -0.2) is 0 Å². The van der Waals surface area contributed by atoms with Crippen molar-refractivity contribution in [1.29, 1.82) is 0 Å². The van der Waals surface area contributed by atoms with Gasteiger partial charge in [0.2, 0.25) is 0 Å². The lowest BCUT2D eigenvalue weighted by Gasteiger charge is -2.34. The molecule has 1 aromatic carbocycles. The van der Waals surface area contributed by atoms with Gasteiger partial charge in [-0.2, -0.15) is 0 Å². The van der Waals surface area contributed by atoms with E-state index in [0.29, 0.717) is 30.3 Å². The topological polar surface area (TPSA) is 68.7 Å². The third-order valence-corrected chi connectivity index (χ3v) is 4.16. The lowest BCUT2D eigenvalue weighted by molar-refractivity contribution is -0.0592. The fourth-order valence-electron chi connectivity index (χ4n) is 3.02. The molecule has 2 heterocycles. The molecule has 0 saturated carbocycles. The third kappa shape index (κ3) is 3.10. The van der Waals surface area contributed by atoms with Crippen LogP contribution in [0.5, 0.6) is 0 Å². The van der Waals surface area contributed by atoms with Gasteiger partial charge in [0.25, 0.3) is 5.91 Å². The van der Waals surface area contributed by atoms with Crippen LogP contribution in [0.25, 0.3) is 11.3 Å². The predicted octanol–water partition coefficient (Wildman–Crippen LogP) is 3.09. The monoisotopic (exact) mass is 314 g/mol. The van der Waals surface area contributed by atoms with Crippen LogP contribution >= 0.6 is 0 Å². The highest BCUT2D eigenvalue weighted by atomic mass is 16.5. The van der Waals surface area contributed by atoms with Crippen LogP contribution in [0.2, 0.25) is 0 Å². The Hall–Kier alpha value is -2.27. The summed E-state index contributed by atoms with van der Waals surface area (Å²) in [5.41, 5.74) is 8.52. The first-order valence-electron chi connectivity index (χ1n) is 7.85. The van der Waals surface area contributed by atoms with Gasteiger partial charge in [0.1, 0.15) is 5.76 Å². The molecule has 2 N–H and O–H groups in total. The highest BCUT2D eigenvalue weighted by Gasteiger charge is 2.28. The number of benzene rings is 1. The second kappa shape index (κ2) is 6.08. The number of nitrogens with two attached hydrogens (primary N) is 1. The SMILES string of the molecule is Cc1c(N)cccc1-c1ccc(C(=O)N2C[C@@H](C)O[C@H](C)C2)o1. The highest BCUT2D eigenvalue weighted by Crippen LogP contribution is 2.29. The molecule has 1 saturated heterocycles. The number of nitrogens with zero attached hydrogens (tertiary/aromatic N) is 1. The Morgan fingerprint density at radius 3 is 2.57 bits per heavy atom. The summed E-state index contributed by atoms with van der Waals surface area (Å²) in [5, 5.41) is 0. The quantitative estimate of drug-likeness (QED) is 0.865. The Morgan fingerprint density at radius 1 is 1.17 bits per heavy atom. The van der Waals surface area contributed by atoms with Crippen molar-refractivity contribution in [3.8, 4) is 11.3 Å². The number of hydrogen-bond donors (Lipinski definition) is 1. The molecule has 5 nitrogen and oxygen atoms in total. The Bertz CT molecular complexity index is 713. The van der Waals surface area contributed by atoms with Crippen molar-refractivity contribution in [2.24, 2.45) is 0 Å². The Balaban J connectivity index is 1.84. The number of amides is 1. The van der Waals surface area contributed by atoms with E-state index >= 15 is 0 Å². The van der Waals surface area contributed by atoms with E-state index in [0.717, 1.165) is 11.1 Å². The number of anilines is 1. The molecule has 1 aliphatic heterocycles. The number of furan rings is 1. The summed E-state index contributed by atoms with van der Waals surface area (Å²) in [6, 6.07) is 9.22. The molecule has 1 fully saturated rings. The van der Waals surface area contributed by atoms with Crippen LogP contribution in [-0.2, 0) is 4.74 Å². The Morgan fingerprint density at radius 2 is 1.87 bits per heavy atom. The predicted molar refractivity (Wildman–Crippen MR) is 89.2 cm³/mol. The van der Waals surface area contributed by atoms with E-state index in [1.165, 1.54) is 0 Å². The van der Waals surface area contributed by atoms with E-state index in [9.17, 15) is 4.79 Å². The van der Waals surface area contributed by atoms with Gasteiger partial charge in [0, 0.05) is 24.3 Å². The van der Waals surface area contributed by atoms with Crippen molar-refractivity contribution >= 4 is 11.6 Å². The third-order valence-electron chi connectivity index (χ3n) is 4.16. The van der Waals surface area contributed by atoms with E-state index in [2.05, 4.69) is 0 Å². The Labute approximate surface area is 136 Å². The molecular formula is C18H22N2O3. The van der Waals surface area contributed by atoms with Crippen molar-refractivity contribution < 1.29 is 13.9 Å². The molecule has 0 radical (unpaired) electrons. The summed E-state index contributed by atoms with van der Waals surface area (Å²) in [6.07, 6.45) is 0.0709. The number of rotatable bonds is 2. The smallest absolute Gasteiger partial charge is 0.289 e. The molecule has 2 atom stereocenters. The van der Waals surface area contributed by atoms with Crippen LogP contribution in [0.1, 0.15) is 30.0 Å². The van der Waals surface area contributed by atoms with Gasteiger partial charge in [0.15, 0.2) is 5.76 Å². The van der Waals surface area contributed by atoms with E-state index in [1.54, 1.807) is 11.0 Å². The summed E-state index contributed by atoms with van der Waals surface area (Å²) in [6.45, 7) is 7.05. The summed E-state index contributed by atoms with van der Waals surface area (Å²) < 4.78 is 11.5. The number of carbonyl (C=O) groups excluding carboxylic acids is 1. The van der Waals surface area contributed by atoms with Crippen molar-refractivity contribution in [3.05, 3.63) is 41.7 Å². The fraction of sp³-hybridized carbons (Fsp3) is 0.389. The molecule has 0 unspecified atom stereocenters. The first-order valence-corrected chi connectivity index (χ1v) is 7.85. The van der Waals surface area contributed by atoms with Crippen LogP contribution in [-0.4, -0.2) is 36.1 Å². The minimum absolute atomic E-state index is 0.0355. The molecule has 1 amide bonds. The van der Waals surface area contributed by atoms with Crippen molar-refractivity contribution in [3.63, 3.8) is 0 Å². The normalized spacial score (nSPS) is 21.4. The van der Waals surface area contributed by atoms with Gasteiger partial charge in [-0.15, -0.1) is 0 Å². The maximum absolute atomic E-state index is 12.6. The first-order chi connectivity index (χ1) is 11.0. The van der Waals surface area contributed by atoms with Crippen molar-refractivity contribution in [2.75, 3.05) is 18.8 Å². The van der Waals surface area contributed by atoms with Crippen LogP contribution < -0.4 is 5.73 Å². The summed E-state index contributed by atoms with van der Waals surface area (Å²) in [7, 11) is 0.